The Morgan fingerprint density at radius 1 is 1.50 bits per heavy atom. The molecule has 1 aromatic heterocycles. The van der Waals surface area contributed by atoms with E-state index in [4.69, 9.17) is 0 Å². The Kier molecular flexibility index (Phi) is 5.52. The highest BCUT2D eigenvalue weighted by atomic mass is 32.2. The van der Waals surface area contributed by atoms with Gasteiger partial charge in [0.2, 0.25) is 0 Å². The molecule has 0 saturated heterocycles. The summed E-state index contributed by atoms with van der Waals surface area (Å²) >= 11 is 1.41. The van der Waals surface area contributed by atoms with E-state index in [2.05, 4.69) is 5.32 Å². The summed E-state index contributed by atoms with van der Waals surface area (Å²) < 4.78 is 37.9. The maximum absolute atomic E-state index is 12.3. The van der Waals surface area contributed by atoms with E-state index in [1.807, 2.05) is 6.26 Å². The van der Waals surface area contributed by atoms with E-state index >= 15 is 0 Å². The molecule has 0 aliphatic heterocycles. The second-order valence-electron chi connectivity index (χ2n) is 4.75. The van der Waals surface area contributed by atoms with E-state index < -0.39 is 24.2 Å². The second kappa shape index (κ2) is 6.53. The summed E-state index contributed by atoms with van der Waals surface area (Å²) in [6.45, 7) is 0.312. The maximum Gasteiger partial charge on any atom is 0.406 e. The first-order valence-electron chi connectivity index (χ1n) is 5.86. The minimum absolute atomic E-state index is 0.0239. The topological polar surface area (TPSA) is 54.3 Å². The van der Waals surface area contributed by atoms with Gasteiger partial charge in [-0.15, -0.1) is 0 Å². The Morgan fingerprint density at radius 3 is 2.70 bits per heavy atom. The molecular formula is C12H17F3N2O2S. The molecule has 0 spiro atoms. The Morgan fingerprint density at radius 2 is 2.15 bits per heavy atom. The number of hydrogen-bond acceptors (Lipinski definition) is 3. The number of aliphatic hydroxyl groups is 1. The molecule has 0 saturated carbocycles. The van der Waals surface area contributed by atoms with Gasteiger partial charge < -0.3 is 15.0 Å². The quantitative estimate of drug-likeness (QED) is 0.844. The van der Waals surface area contributed by atoms with Crippen molar-refractivity contribution in [3.05, 3.63) is 24.0 Å². The zero-order valence-corrected chi connectivity index (χ0v) is 12.0. The number of rotatable bonds is 6. The molecular weight excluding hydrogens is 293 g/mol. The number of amides is 1. The van der Waals surface area contributed by atoms with Crippen LogP contribution in [0.15, 0.2) is 18.3 Å². The summed E-state index contributed by atoms with van der Waals surface area (Å²) in [6, 6.07) is 2.69. The number of aromatic nitrogens is 1. The van der Waals surface area contributed by atoms with Crippen LogP contribution in [0, 0.1) is 0 Å². The Hall–Kier alpha value is -1.15. The zero-order valence-electron chi connectivity index (χ0n) is 11.2. The lowest BCUT2D eigenvalue weighted by Crippen LogP contribution is -2.43. The molecule has 0 bridgehead atoms. The average molecular weight is 310 g/mol. The van der Waals surface area contributed by atoms with E-state index in [1.165, 1.54) is 30.1 Å². The molecule has 0 aliphatic rings. The van der Waals surface area contributed by atoms with Crippen LogP contribution in [0.25, 0.3) is 0 Å². The molecule has 114 valence electrons. The van der Waals surface area contributed by atoms with Crippen LogP contribution < -0.4 is 5.32 Å². The van der Waals surface area contributed by atoms with Crippen molar-refractivity contribution in [2.24, 2.45) is 0 Å². The van der Waals surface area contributed by atoms with E-state index in [-0.39, 0.29) is 12.2 Å². The van der Waals surface area contributed by atoms with E-state index in [1.54, 1.807) is 6.92 Å². The summed E-state index contributed by atoms with van der Waals surface area (Å²) in [5, 5.41) is 12.3. The van der Waals surface area contributed by atoms with Gasteiger partial charge in [0.05, 0.1) is 5.60 Å². The predicted octanol–water partition coefficient (Wildman–Crippen LogP) is 1.89. The second-order valence-corrected chi connectivity index (χ2v) is 5.62. The third kappa shape index (κ3) is 5.46. The zero-order chi connectivity index (χ0) is 15.4. The van der Waals surface area contributed by atoms with Crippen molar-refractivity contribution in [2.45, 2.75) is 25.2 Å². The van der Waals surface area contributed by atoms with Crippen LogP contribution in [0.4, 0.5) is 13.2 Å². The minimum Gasteiger partial charge on any atom is -0.387 e. The van der Waals surface area contributed by atoms with Gasteiger partial charge in [0.1, 0.15) is 12.2 Å². The summed E-state index contributed by atoms with van der Waals surface area (Å²) in [5.74, 6) is -0.225. The van der Waals surface area contributed by atoms with Crippen molar-refractivity contribution in [3.63, 3.8) is 0 Å². The van der Waals surface area contributed by atoms with Crippen molar-refractivity contribution >= 4 is 17.7 Å². The highest BCUT2D eigenvalue weighted by molar-refractivity contribution is 7.98. The van der Waals surface area contributed by atoms with Crippen LogP contribution in [0.3, 0.4) is 0 Å². The Bertz CT molecular complexity index is 458. The molecule has 4 nitrogen and oxygen atoms in total. The first-order valence-corrected chi connectivity index (χ1v) is 7.25. The molecule has 20 heavy (non-hydrogen) atoms. The predicted molar refractivity (Wildman–Crippen MR) is 71.8 cm³/mol. The molecule has 1 atom stereocenters. The van der Waals surface area contributed by atoms with Crippen LogP contribution in [-0.4, -0.2) is 45.9 Å². The third-order valence-electron chi connectivity index (χ3n) is 2.50. The highest BCUT2D eigenvalue weighted by Crippen LogP contribution is 2.19. The van der Waals surface area contributed by atoms with Gasteiger partial charge in [-0.25, -0.2) is 0 Å². The Labute approximate surface area is 119 Å². The lowest BCUT2D eigenvalue weighted by atomic mass is 10.1. The third-order valence-corrected chi connectivity index (χ3v) is 3.41. The van der Waals surface area contributed by atoms with Crippen LogP contribution in [0.1, 0.15) is 17.4 Å². The number of alkyl halides is 3. The van der Waals surface area contributed by atoms with Gasteiger partial charge in [-0.05, 0) is 25.3 Å². The standard InChI is InChI=1S/C12H17F3N2O2S/c1-11(19,8-20-2)6-16-10(18)9-4-3-5-17(9)7-12(13,14)15/h3-5,19H,6-8H2,1-2H3,(H,16,18). The van der Waals surface area contributed by atoms with Crippen LogP contribution in [-0.2, 0) is 6.54 Å². The summed E-state index contributed by atoms with van der Waals surface area (Å²) in [7, 11) is 0. The van der Waals surface area contributed by atoms with Crippen molar-refractivity contribution < 1.29 is 23.1 Å². The van der Waals surface area contributed by atoms with E-state index in [0.29, 0.717) is 5.75 Å². The first-order chi connectivity index (χ1) is 9.14. The van der Waals surface area contributed by atoms with Crippen LogP contribution >= 0.6 is 11.8 Å². The first kappa shape index (κ1) is 16.9. The summed E-state index contributed by atoms with van der Waals surface area (Å²) in [6.07, 6.45) is -1.38. The van der Waals surface area contributed by atoms with E-state index in [9.17, 15) is 23.1 Å². The van der Waals surface area contributed by atoms with Crippen LogP contribution in [0.2, 0.25) is 0 Å². The lowest BCUT2D eigenvalue weighted by molar-refractivity contribution is -0.140. The van der Waals surface area contributed by atoms with Gasteiger partial charge in [0, 0.05) is 18.5 Å². The number of carbonyl (C=O) groups excluding carboxylic acids is 1. The summed E-state index contributed by atoms with van der Waals surface area (Å²) in [4.78, 5) is 11.8. The average Bonchev–Trinajstić information content (AvgIpc) is 2.71. The molecule has 8 heteroatoms. The van der Waals surface area contributed by atoms with Gasteiger partial charge in [-0.3, -0.25) is 4.79 Å². The molecule has 0 aromatic carbocycles. The van der Waals surface area contributed by atoms with Crippen molar-refractivity contribution in [1.82, 2.24) is 9.88 Å². The fourth-order valence-electron chi connectivity index (χ4n) is 1.67. The fourth-order valence-corrected chi connectivity index (χ4v) is 2.40. The van der Waals surface area contributed by atoms with Gasteiger partial charge in [-0.2, -0.15) is 24.9 Å². The molecule has 1 unspecified atom stereocenters. The molecule has 1 rings (SSSR count). The number of carbonyl (C=O) groups is 1. The largest absolute Gasteiger partial charge is 0.406 e. The monoisotopic (exact) mass is 310 g/mol. The van der Waals surface area contributed by atoms with Crippen LogP contribution in [0.5, 0.6) is 0 Å². The van der Waals surface area contributed by atoms with Crippen molar-refractivity contribution in [1.29, 1.82) is 0 Å². The number of thioether (sulfide) groups is 1. The smallest absolute Gasteiger partial charge is 0.387 e. The van der Waals surface area contributed by atoms with Gasteiger partial charge >= 0.3 is 6.18 Å². The van der Waals surface area contributed by atoms with Gasteiger partial charge in [-0.1, -0.05) is 0 Å². The minimum atomic E-state index is -4.39. The molecule has 0 aliphatic carbocycles. The normalized spacial score (nSPS) is 14.9. The van der Waals surface area contributed by atoms with Crippen molar-refractivity contribution in [3.8, 4) is 0 Å². The Balaban J connectivity index is 2.67. The number of nitrogens with one attached hydrogen (secondary N) is 1. The molecule has 0 fully saturated rings. The highest BCUT2D eigenvalue weighted by Gasteiger charge is 2.29. The van der Waals surface area contributed by atoms with Gasteiger partial charge in [0.25, 0.3) is 5.91 Å². The molecule has 0 radical (unpaired) electrons. The molecule has 1 aromatic rings. The molecule has 1 amide bonds. The van der Waals surface area contributed by atoms with Crippen molar-refractivity contribution in [2.75, 3.05) is 18.6 Å². The number of halogens is 3. The number of nitrogens with zero attached hydrogens (tertiary/aromatic N) is 1. The van der Waals surface area contributed by atoms with Gasteiger partial charge in [0.15, 0.2) is 0 Å². The lowest BCUT2D eigenvalue weighted by Gasteiger charge is -2.22. The summed E-state index contributed by atoms with van der Waals surface area (Å²) in [5.41, 5.74) is -1.18. The number of hydrogen-bond donors (Lipinski definition) is 2. The van der Waals surface area contributed by atoms with E-state index in [0.717, 1.165) is 4.57 Å². The molecule has 2 N–H and O–H groups in total. The maximum atomic E-state index is 12.3. The molecule has 1 heterocycles. The fraction of sp³-hybridized carbons (Fsp3) is 0.583. The SMILES string of the molecule is CSCC(C)(O)CNC(=O)c1cccn1CC(F)(F)F.